The second-order valence-corrected chi connectivity index (χ2v) is 4.52. The number of rotatable bonds is 3. The molecule has 0 aromatic heterocycles. The van der Waals surface area contributed by atoms with E-state index in [0.29, 0.717) is 29.7 Å². The molecular weight excluding hydrogens is 266 g/mol. The molecule has 1 aliphatic rings. The van der Waals surface area contributed by atoms with Crippen LogP contribution in [-0.2, 0) is 11.2 Å². The summed E-state index contributed by atoms with van der Waals surface area (Å²) in [7, 11) is 0. The van der Waals surface area contributed by atoms with Crippen LogP contribution < -0.4 is 14.8 Å². The van der Waals surface area contributed by atoms with Gasteiger partial charge in [0.05, 0.1) is 31.2 Å². The van der Waals surface area contributed by atoms with Gasteiger partial charge in [-0.15, -0.1) is 6.42 Å². The standard InChI is InChI=1S/C14H14ClNO3/c1-2-4-16-13(17)9-10-7-11(15)14-12(8-10)18-5-3-6-19-14/h1,7-8H,3-6,9H2,(H,16,17). The summed E-state index contributed by atoms with van der Waals surface area (Å²) in [6.07, 6.45) is 6.10. The summed E-state index contributed by atoms with van der Waals surface area (Å²) in [5, 5.41) is 3.06. The van der Waals surface area contributed by atoms with E-state index >= 15 is 0 Å². The van der Waals surface area contributed by atoms with E-state index in [1.54, 1.807) is 12.1 Å². The van der Waals surface area contributed by atoms with Crippen molar-refractivity contribution in [2.24, 2.45) is 0 Å². The van der Waals surface area contributed by atoms with Crippen LogP contribution in [-0.4, -0.2) is 25.7 Å². The van der Waals surface area contributed by atoms with Crippen molar-refractivity contribution in [2.75, 3.05) is 19.8 Å². The lowest BCUT2D eigenvalue weighted by Gasteiger charge is -2.11. The average Bonchev–Trinajstić information content (AvgIpc) is 2.62. The number of carbonyl (C=O) groups is 1. The predicted molar refractivity (Wildman–Crippen MR) is 72.6 cm³/mol. The van der Waals surface area contributed by atoms with Gasteiger partial charge >= 0.3 is 0 Å². The Labute approximate surface area is 117 Å². The van der Waals surface area contributed by atoms with Crippen LogP contribution in [0.5, 0.6) is 11.5 Å². The van der Waals surface area contributed by atoms with Gasteiger partial charge < -0.3 is 14.8 Å². The van der Waals surface area contributed by atoms with E-state index in [0.717, 1.165) is 12.0 Å². The molecule has 5 heteroatoms. The van der Waals surface area contributed by atoms with E-state index < -0.39 is 0 Å². The molecule has 1 aromatic rings. The summed E-state index contributed by atoms with van der Waals surface area (Å²) in [5.41, 5.74) is 0.767. The van der Waals surface area contributed by atoms with Crippen LogP contribution in [0.1, 0.15) is 12.0 Å². The molecule has 0 spiro atoms. The zero-order chi connectivity index (χ0) is 13.7. The Morgan fingerprint density at radius 1 is 1.42 bits per heavy atom. The van der Waals surface area contributed by atoms with Crippen molar-refractivity contribution >= 4 is 17.5 Å². The fraction of sp³-hybridized carbons (Fsp3) is 0.357. The number of benzene rings is 1. The van der Waals surface area contributed by atoms with Crippen LogP contribution >= 0.6 is 11.6 Å². The minimum absolute atomic E-state index is 0.150. The van der Waals surface area contributed by atoms with Gasteiger partial charge in [-0.2, -0.15) is 0 Å². The van der Waals surface area contributed by atoms with Crippen LogP contribution in [0.4, 0.5) is 0 Å². The van der Waals surface area contributed by atoms with E-state index in [4.69, 9.17) is 27.5 Å². The third kappa shape index (κ3) is 3.55. The van der Waals surface area contributed by atoms with E-state index in [1.165, 1.54) is 0 Å². The van der Waals surface area contributed by atoms with Crippen LogP contribution in [0.25, 0.3) is 0 Å². The Balaban J connectivity index is 2.15. The van der Waals surface area contributed by atoms with Crippen molar-refractivity contribution in [3.63, 3.8) is 0 Å². The van der Waals surface area contributed by atoms with Crippen LogP contribution in [0, 0.1) is 12.3 Å². The average molecular weight is 280 g/mol. The first-order chi connectivity index (χ1) is 9.20. The molecule has 0 fully saturated rings. The van der Waals surface area contributed by atoms with E-state index in [1.807, 2.05) is 0 Å². The first-order valence-electron chi connectivity index (χ1n) is 5.99. The lowest BCUT2D eigenvalue weighted by atomic mass is 10.1. The highest BCUT2D eigenvalue weighted by Crippen LogP contribution is 2.38. The minimum atomic E-state index is -0.150. The molecule has 1 heterocycles. The van der Waals surface area contributed by atoms with E-state index in [-0.39, 0.29) is 18.9 Å². The SMILES string of the molecule is C#CCNC(=O)Cc1cc(Cl)c2c(c1)OCCCO2. The molecule has 0 aliphatic carbocycles. The maximum atomic E-state index is 11.6. The second kappa shape index (κ2) is 6.35. The number of fused-ring (bicyclic) bond motifs is 1. The number of hydrogen-bond donors (Lipinski definition) is 1. The Bertz CT molecular complexity index is 522. The lowest BCUT2D eigenvalue weighted by Crippen LogP contribution is -2.25. The molecule has 0 radical (unpaired) electrons. The third-order valence-electron chi connectivity index (χ3n) is 2.61. The van der Waals surface area contributed by atoms with Crippen molar-refractivity contribution in [3.8, 4) is 23.8 Å². The Kier molecular flexibility index (Phi) is 4.53. The predicted octanol–water partition coefficient (Wildman–Crippen LogP) is 1.79. The molecule has 0 atom stereocenters. The van der Waals surface area contributed by atoms with Crippen LogP contribution in [0.15, 0.2) is 12.1 Å². The molecule has 0 saturated carbocycles. The molecule has 1 N–H and O–H groups in total. The fourth-order valence-corrected chi connectivity index (χ4v) is 2.07. The maximum Gasteiger partial charge on any atom is 0.225 e. The van der Waals surface area contributed by atoms with Crippen molar-refractivity contribution in [1.82, 2.24) is 5.32 Å². The summed E-state index contributed by atoms with van der Waals surface area (Å²) < 4.78 is 11.1. The highest BCUT2D eigenvalue weighted by molar-refractivity contribution is 6.32. The number of nitrogens with one attached hydrogen (secondary N) is 1. The topological polar surface area (TPSA) is 47.6 Å². The first kappa shape index (κ1) is 13.6. The summed E-state index contributed by atoms with van der Waals surface area (Å²) >= 11 is 6.14. The Morgan fingerprint density at radius 3 is 3.00 bits per heavy atom. The van der Waals surface area contributed by atoms with E-state index in [9.17, 15) is 4.79 Å². The van der Waals surface area contributed by atoms with Crippen LogP contribution in [0.3, 0.4) is 0 Å². The van der Waals surface area contributed by atoms with Gasteiger partial charge in [0, 0.05) is 6.42 Å². The van der Waals surface area contributed by atoms with Crippen LogP contribution in [0.2, 0.25) is 5.02 Å². The largest absolute Gasteiger partial charge is 0.489 e. The molecule has 2 rings (SSSR count). The van der Waals surface area contributed by atoms with Crippen molar-refractivity contribution in [2.45, 2.75) is 12.8 Å². The monoisotopic (exact) mass is 279 g/mol. The highest BCUT2D eigenvalue weighted by Gasteiger charge is 2.16. The smallest absolute Gasteiger partial charge is 0.225 e. The van der Waals surface area contributed by atoms with E-state index in [2.05, 4.69) is 11.2 Å². The molecule has 1 aliphatic heterocycles. The summed E-state index contributed by atoms with van der Waals surface area (Å²) in [4.78, 5) is 11.6. The van der Waals surface area contributed by atoms with Gasteiger partial charge in [-0.25, -0.2) is 0 Å². The molecule has 0 unspecified atom stereocenters. The molecule has 1 amide bonds. The number of hydrogen-bond acceptors (Lipinski definition) is 3. The van der Waals surface area contributed by atoms with Gasteiger partial charge in [-0.05, 0) is 17.7 Å². The Hall–Kier alpha value is -1.86. The van der Waals surface area contributed by atoms with Gasteiger partial charge in [-0.1, -0.05) is 17.5 Å². The maximum absolute atomic E-state index is 11.6. The molecular formula is C14H14ClNO3. The molecule has 19 heavy (non-hydrogen) atoms. The van der Waals surface area contributed by atoms with Crippen molar-refractivity contribution in [3.05, 3.63) is 22.7 Å². The third-order valence-corrected chi connectivity index (χ3v) is 2.90. The van der Waals surface area contributed by atoms with Crippen molar-refractivity contribution < 1.29 is 14.3 Å². The summed E-state index contributed by atoms with van der Waals surface area (Å²) in [6, 6.07) is 3.49. The molecule has 0 saturated heterocycles. The second-order valence-electron chi connectivity index (χ2n) is 4.11. The zero-order valence-corrected chi connectivity index (χ0v) is 11.1. The number of terminal acetylenes is 1. The number of halogens is 1. The number of carbonyl (C=O) groups excluding carboxylic acids is 1. The number of ether oxygens (including phenoxy) is 2. The normalized spacial score (nSPS) is 13.3. The summed E-state index contributed by atoms with van der Waals surface area (Å²) in [5.74, 6) is 3.34. The molecule has 100 valence electrons. The van der Waals surface area contributed by atoms with Gasteiger partial charge in [0.1, 0.15) is 0 Å². The molecule has 1 aromatic carbocycles. The Morgan fingerprint density at radius 2 is 2.21 bits per heavy atom. The zero-order valence-electron chi connectivity index (χ0n) is 10.4. The van der Waals surface area contributed by atoms with Gasteiger partial charge in [-0.3, -0.25) is 4.79 Å². The lowest BCUT2D eigenvalue weighted by molar-refractivity contribution is -0.120. The first-order valence-corrected chi connectivity index (χ1v) is 6.36. The quantitative estimate of drug-likeness (QED) is 0.858. The van der Waals surface area contributed by atoms with Crippen molar-refractivity contribution in [1.29, 1.82) is 0 Å². The minimum Gasteiger partial charge on any atom is -0.489 e. The van der Waals surface area contributed by atoms with Gasteiger partial charge in [0.15, 0.2) is 11.5 Å². The number of amides is 1. The molecule has 4 nitrogen and oxygen atoms in total. The summed E-state index contributed by atoms with van der Waals surface area (Å²) in [6.45, 7) is 1.38. The fourth-order valence-electron chi connectivity index (χ4n) is 1.78. The highest BCUT2D eigenvalue weighted by atomic mass is 35.5. The van der Waals surface area contributed by atoms with Gasteiger partial charge in [0.25, 0.3) is 0 Å². The molecule has 0 bridgehead atoms. The van der Waals surface area contributed by atoms with Gasteiger partial charge in [0.2, 0.25) is 5.91 Å².